The molecule has 0 spiro atoms. The van der Waals surface area contributed by atoms with Gasteiger partial charge in [-0.15, -0.1) is 12.4 Å². The van der Waals surface area contributed by atoms with Crippen LogP contribution in [0.15, 0.2) is 0 Å². The average molecular weight is 158 g/mol. The molecular weight excluding hydrogens is 146 g/mol. The van der Waals surface area contributed by atoms with Crippen LogP contribution in [0.4, 0.5) is 0 Å². The van der Waals surface area contributed by atoms with Gasteiger partial charge in [0.1, 0.15) is 0 Å². The lowest BCUT2D eigenvalue weighted by Crippen LogP contribution is -2.21. The molecule has 8 heavy (non-hydrogen) atoms. The predicted octanol–water partition coefficient (Wildman–Crippen LogP) is 0.0908. The summed E-state index contributed by atoms with van der Waals surface area (Å²) >= 11 is 1.60. The lowest BCUT2D eigenvalue weighted by Gasteiger charge is -2.01. The highest BCUT2D eigenvalue weighted by atomic mass is 35.5. The second-order valence-electron chi connectivity index (χ2n) is 1.34. The molecule has 0 saturated heterocycles. The maximum atomic E-state index is 8.71. The molecule has 0 unspecified atom stereocenters. The average Bonchev–Trinajstić information content (AvgIpc) is 1.68. The van der Waals surface area contributed by atoms with E-state index in [2.05, 4.69) is 0 Å². The van der Waals surface area contributed by atoms with Gasteiger partial charge in [-0.3, -0.25) is 0 Å². The Morgan fingerprint density at radius 1 is 1.75 bits per heavy atom. The highest BCUT2D eigenvalue weighted by Crippen LogP contribution is 1.93. The largest absolute Gasteiger partial charge is 0.391 e. The summed E-state index contributed by atoms with van der Waals surface area (Å²) < 4.78 is 0. The summed E-state index contributed by atoms with van der Waals surface area (Å²) in [5, 5.41) is 8.71. The SMILES string of the molecule is CSC[C@H](O)CN.Cl. The number of hydrogen-bond donors (Lipinski definition) is 2. The van der Waals surface area contributed by atoms with Crippen molar-refractivity contribution in [1.82, 2.24) is 0 Å². The van der Waals surface area contributed by atoms with Gasteiger partial charge < -0.3 is 10.8 Å². The van der Waals surface area contributed by atoms with Crippen LogP contribution in [0.25, 0.3) is 0 Å². The molecule has 0 amide bonds. The first-order chi connectivity index (χ1) is 3.31. The zero-order valence-corrected chi connectivity index (χ0v) is 6.47. The molecule has 2 nitrogen and oxygen atoms in total. The molecule has 0 bridgehead atoms. The third-order valence-electron chi connectivity index (χ3n) is 0.631. The second kappa shape index (κ2) is 7.56. The summed E-state index contributed by atoms with van der Waals surface area (Å²) in [5.74, 6) is 0.747. The van der Waals surface area contributed by atoms with Crippen LogP contribution in [0.2, 0.25) is 0 Å². The van der Waals surface area contributed by atoms with E-state index in [0.29, 0.717) is 6.54 Å². The minimum absolute atomic E-state index is 0. The second-order valence-corrected chi connectivity index (χ2v) is 2.26. The standard InChI is InChI=1S/C4H11NOS.ClH/c1-7-3-4(6)2-5;/h4,6H,2-3,5H2,1H3;1H/t4-;/m1./s1. The first-order valence-electron chi connectivity index (χ1n) is 2.18. The summed E-state index contributed by atoms with van der Waals surface area (Å²) in [6, 6.07) is 0. The van der Waals surface area contributed by atoms with E-state index in [1.165, 1.54) is 0 Å². The molecule has 0 aliphatic heterocycles. The van der Waals surface area contributed by atoms with Crippen molar-refractivity contribution in [2.75, 3.05) is 18.6 Å². The summed E-state index contributed by atoms with van der Waals surface area (Å²) in [5.41, 5.74) is 5.09. The van der Waals surface area contributed by atoms with Gasteiger partial charge in [-0.25, -0.2) is 0 Å². The van der Waals surface area contributed by atoms with Gasteiger partial charge in [0.2, 0.25) is 0 Å². The van der Waals surface area contributed by atoms with E-state index in [9.17, 15) is 0 Å². The van der Waals surface area contributed by atoms with Crippen LogP contribution in [0.3, 0.4) is 0 Å². The molecule has 0 fully saturated rings. The van der Waals surface area contributed by atoms with E-state index in [0.717, 1.165) is 5.75 Å². The molecular formula is C4H12ClNOS. The molecule has 0 aromatic heterocycles. The summed E-state index contributed by atoms with van der Waals surface area (Å²) in [6.07, 6.45) is 1.63. The highest BCUT2D eigenvalue weighted by Gasteiger charge is 1.95. The minimum Gasteiger partial charge on any atom is -0.391 e. The Balaban J connectivity index is 0. The fourth-order valence-corrected chi connectivity index (χ4v) is 0.781. The van der Waals surface area contributed by atoms with E-state index in [1.54, 1.807) is 11.8 Å². The molecule has 4 heteroatoms. The molecule has 0 aromatic rings. The van der Waals surface area contributed by atoms with Crippen LogP contribution >= 0.6 is 24.2 Å². The van der Waals surface area contributed by atoms with Crippen molar-refractivity contribution in [3.05, 3.63) is 0 Å². The first-order valence-corrected chi connectivity index (χ1v) is 3.57. The summed E-state index contributed by atoms with van der Waals surface area (Å²) in [6.45, 7) is 0.376. The van der Waals surface area contributed by atoms with E-state index in [4.69, 9.17) is 10.8 Å². The maximum Gasteiger partial charge on any atom is 0.0752 e. The fourth-order valence-electron chi connectivity index (χ4n) is 0.260. The van der Waals surface area contributed by atoms with Crippen LogP contribution in [0, 0.1) is 0 Å². The molecule has 0 aliphatic rings. The van der Waals surface area contributed by atoms with Crippen LogP contribution in [0.1, 0.15) is 0 Å². The van der Waals surface area contributed by atoms with Crippen molar-refractivity contribution in [3.63, 3.8) is 0 Å². The Labute approximate surface area is 60.2 Å². The Kier molecular flexibility index (Phi) is 10.7. The summed E-state index contributed by atoms with van der Waals surface area (Å²) in [7, 11) is 0. The van der Waals surface area contributed by atoms with Gasteiger partial charge >= 0.3 is 0 Å². The van der Waals surface area contributed by atoms with Crippen molar-refractivity contribution in [1.29, 1.82) is 0 Å². The van der Waals surface area contributed by atoms with Gasteiger partial charge in [0, 0.05) is 12.3 Å². The number of halogens is 1. The Morgan fingerprint density at radius 3 is 2.38 bits per heavy atom. The zero-order valence-electron chi connectivity index (χ0n) is 4.83. The minimum atomic E-state index is -0.310. The number of aliphatic hydroxyl groups excluding tert-OH is 1. The third-order valence-corrected chi connectivity index (χ3v) is 1.35. The lowest BCUT2D eigenvalue weighted by atomic mass is 10.4. The third kappa shape index (κ3) is 6.56. The molecule has 3 N–H and O–H groups in total. The normalized spacial score (nSPS) is 12.4. The van der Waals surface area contributed by atoms with Crippen LogP contribution in [-0.4, -0.2) is 29.8 Å². The molecule has 0 aliphatic carbocycles. The van der Waals surface area contributed by atoms with Crippen molar-refractivity contribution in [2.24, 2.45) is 5.73 Å². The van der Waals surface area contributed by atoms with E-state index < -0.39 is 0 Å². The number of thioether (sulfide) groups is 1. The van der Waals surface area contributed by atoms with Crippen molar-refractivity contribution >= 4 is 24.2 Å². The van der Waals surface area contributed by atoms with Crippen molar-refractivity contribution in [3.8, 4) is 0 Å². The fraction of sp³-hybridized carbons (Fsp3) is 1.00. The number of hydrogen-bond acceptors (Lipinski definition) is 3. The smallest absolute Gasteiger partial charge is 0.0752 e. The molecule has 0 heterocycles. The van der Waals surface area contributed by atoms with Crippen molar-refractivity contribution < 1.29 is 5.11 Å². The monoisotopic (exact) mass is 157 g/mol. The van der Waals surface area contributed by atoms with Crippen LogP contribution < -0.4 is 5.73 Å². The Bertz CT molecular complexity index is 47.0. The Morgan fingerprint density at radius 2 is 2.25 bits per heavy atom. The molecule has 1 atom stereocenters. The van der Waals surface area contributed by atoms with E-state index in [1.807, 2.05) is 6.26 Å². The zero-order chi connectivity index (χ0) is 5.70. The molecule has 0 radical (unpaired) electrons. The first kappa shape index (κ1) is 11.4. The van der Waals surface area contributed by atoms with Gasteiger partial charge in [0.25, 0.3) is 0 Å². The molecule has 0 rings (SSSR count). The number of aliphatic hydroxyl groups is 1. The molecule has 52 valence electrons. The van der Waals surface area contributed by atoms with Crippen LogP contribution in [-0.2, 0) is 0 Å². The van der Waals surface area contributed by atoms with Gasteiger partial charge in [0.05, 0.1) is 6.10 Å². The summed E-state index contributed by atoms with van der Waals surface area (Å²) in [4.78, 5) is 0. The van der Waals surface area contributed by atoms with Gasteiger partial charge in [-0.2, -0.15) is 11.8 Å². The van der Waals surface area contributed by atoms with E-state index in [-0.39, 0.29) is 18.5 Å². The van der Waals surface area contributed by atoms with E-state index >= 15 is 0 Å². The maximum absolute atomic E-state index is 8.71. The van der Waals surface area contributed by atoms with Gasteiger partial charge in [0.15, 0.2) is 0 Å². The van der Waals surface area contributed by atoms with Gasteiger partial charge in [-0.1, -0.05) is 0 Å². The van der Waals surface area contributed by atoms with Gasteiger partial charge in [-0.05, 0) is 6.26 Å². The quantitative estimate of drug-likeness (QED) is 0.611. The molecule has 0 saturated carbocycles. The Hall–Kier alpha value is 0.560. The number of nitrogens with two attached hydrogens (primary N) is 1. The van der Waals surface area contributed by atoms with Crippen LogP contribution in [0.5, 0.6) is 0 Å². The lowest BCUT2D eigenvalue weighted by molar-refractivity contribution is 0.208. The predicted molar refractivity (Wildman–Crippen MR) is 40.7 cm³/mol. The van der Waals surface area contributed by atoms with Crippen molar-refractivity contribution in [2.45, 2.75) is 6.10 Å². The number of rotatable bonds is 3. The molecule has 0 aromatic carbocycles. The highest BCUT2D eigenvalue weighted by molar-refractivity contribution is 7.98. The topological polar surface area (TPSA) is 46.2 Å².